The van der Waals surface area contributed by atoms with Crippen molar-refractivity contribution in [3.8, 4) is 0 Å². The number of esters is 4. The van der Waals surface area contributed by atoms with E-state index in [2.05, 4.69) is 48.5 Å². The average molecular weight is 1340 g/mol. The Balaban J connectivity index is 5.13. The minimum atomic E-state index is -4.95. The maximum Gasteiger partial charge on any atom is 0.472 e. The molecule has 0 rings (SSSR count). The van der Waals surface area contributed by atoms with Crippen molar-refractivity contribution in [2.75, 3.05) is 39.6 Å². The Bertz CT molecular complexity index is 1790. The zero-order valence-electron chi connectivity index (χ0n) is 59.3. The Hall–Kier alpha value is -1.94. The summed E-state index contributed by atoms with van der Waals surface area (Å²) in [7, 11) is -9.90. The van der Waals surface area contributed by atoms with Gasteiger partial charge in [-0.2, -0.15) is 0 Å². The van der Waals surface area contributed by atoms with Gasteiger partial charge < -0.3 is 33.8 Å². The molecule has 0 heterocycles. The van der Waals surface area contributed by atoms with Gasteiger partial charge in [-0.15, -0.1) is 0 Å². The number of aliphatic hydroxyl groups excluding tert-OH is 1. The van der Waals surface area contributed by atoms with E-state index >= 15 is 0 Å². The van der Waals surface area contributed by atoms with Crippen LogP contribution < -0.4 is 0 Å². The molecule has 0 amide bonds. The molecule has 0 fully saturated rings. The Morgan fingerprint density at radius 1 is 0.319 bits per heavy atom. The first-order chi connectivity index (χ1) is 43.8. The number of rotatable bonds is 70. The summed E-state index contributed by atoms with van der Waals surface area (Å²) in [6.45, 7) is 11.7. The SMILES string of the molecule is CCCCCCCCCCCCCCCCCCCCCCCCC(=O)O[C@H](COC(=O)CCCCCCCCC(C)CC)COP(=O)(O)OC[C@@H](O)COP(=O)(O)OC[C@@H](COC(=O)CCCCCCCCC(C)C)OC(=O)CCCCCCCCC(C)CC. The monoisotopic (exact) mass is 1340 g/mol. The quantitative estimate of drug-likeness (QED) is 0.0222. The zero-order valence-corrected chi connectivity index (χ0v) is 61.1. The molecule has 0 radical (unpaired) electrons. The summed E-state index contributed by atoms with van der Waals surface area (Å²) in [5.41, 5.74) is 0. The van der Waals surface area contributed by atoms with Crippen molar-refractivity contribution in [3.63, 3.8) is 0 Å². The Kier molecular flexibility index (Phi) is 61.5. The van der Waals surface area contributed by atoms with Gasteiger partial charge in [0.15, 0.2) is 12.2 Å². The molecule has 0 aromatic rings. The van der Waals surface area contributed by atoms with E-state index in [1.165, 1.54) is 161 Å². The van der Waals surface area contributed by atoms with Crippen LogP contribution >= 0.6 is 15.6 Å². The van der Waals surface area contributed by atoms with Gasteiger partial charge in [0, 0.05) is 25.7 Å². The number of phosphoric ester groups is 2. The molecule has 3 N–H and O–H groups in total. The third kappa shape index (κ3) is 63.9. The zero-order chi connectivity index (χ0) is 67.3. The maximum atomic E-state index is 13.0. The molecule has 0 aromatic carbocycles. The second-order valence-corrected chi connectivity index (χ2v) is 29.8. The van der Waals surface area contributed by atoms with Gasteiger partial charge in [-0.05, 0) is 43.4 Å². The molecular weight excluding hydrogens is 1200 g/mol. The van der Waals surface area contributed by atoms with Crippen molar-refractivity contribution in [2.45, 2.75) is 381 Å². The van der Waals surface area contributed by atoms with Crippen molar-refractivity contribution in [3.05, 3.63) is 0 Å². The minimum Gasteiger partial charge on any atom is -0.462 e. The molecule has 0 aliphatic rings. The lowest BCUT2D eigenvalue weighted by atomic mass is 10.00. The van der Waals surface area contributed by atoms with E-state index in [4.69, 9.17) is 37.0 Å². The molecule has 540 valence electrons. The number of unbranched alkanes of at least 4 members (excludes halogenated alkanes) is 36. The Morgan fingerprint density at radius 3 is 0.835 bits per heavy atom. The second kappa shape index (κ2) is 62.8. The minimum absolute atomic E-state index is 0.102. The van der Waals surface area contributed by atoms with Gasteiger partial charge >= 0.3 is 39.5 Å². The number of hydrogen-bond donors (Lipinski definition) is 3. The van der Waals surface area contributed by atoms with Crippen LogP contribution in [0.3, 0.4) is 0 Å². The summed E-state index contributed by atoms with van der Waals surface area (Å²) >= 11 is 0. The number of carbonyl (C=O) groups excluding carboxylic acids is 4. The van der Waals surface area contributed by atoms with Crippen molar-refractivity contribution in [2.24, 2.45) is 17.8 Å². The first kappa shape index (κ1) is 89.1. The van der Waals surface area contributed by atoms with Crippen LogP contribution in [0.15, 0.2) is 0 Å². The molecule has 0 bridgehead atoms. The van der Waals surface area contributed by atoms with Crippen LogP contribution in [0.2, 0.25) is 0 Å². The van der Waals surface area contributed by atoms with Crippen LogP contribution in [0.5, 0.6) is 0 Å². The highest BCUT2D eigenvalue weighted by Gasteiger charge is 2.30. The van der Waals surface area contributed by atoms with Gasteiger partial charge in [0.1, 0.15) is 19.3 Å². The molecule has 0 saturated heterocycles. The van der Waals surface area contributed by atoms with Crippen LogP contribution in [0.4, 0.5) is 0 Å². The van der Waals surface area contributed by atoms with Crippen LogP contribution in [-0.2, 0) is 65.4 Å². The normalized spacial score (nSPS) is 14.8. The van der Waals surface area contributed by atoms with Crippen LogP contribution in [0.1, 0.15) is 363 Å². The molecule has 17 nitrogen and oxygen atoms in total. The smallest absolute Gasteiger partial charge is 0.462 e. The maximum absolute atomic E-state index is 13.0. The van der Waals surface area contributed by atoms with Crippen LogP contribution in [0.25, 0.3) is 0 Å². The molecule has 91 heavy (non-hydrogen) atoms. The molecule has 19 heteroatoms. The summed E-state index contributed by atoms with van der Waals surface area (Å²) in [6, 6.07) is 0. The van der Waals surface area contributed by atoms with Gasteiger partial charge in [-0.25, -0.2) is 9.13 Å². The largest absolute Gasteiger partial charge is 0.472 e. The van der Waals surface area contributed by atoms with E-state index in [1.807, 2.05) is 0 Å². The van der Waals surface area contributed by atoms with Gasteiger partial charge in [0.2, 0.25) is 0 Å². The van der Waals surface area contributed by atoms with E-state index in [0.717, 1.165) is 115 Å². The fourth-order valence-electron chi connectivity index (χ4n) is 10.8. The number of aliphatic hydroxyl groups is 1. The Morgan fingerprint density at radius 2 is 0.560 bits per heavy atom. The molecule has 0 aliphatic carbocycles. The number of carbonyl (C=O) groups is 4. The van der Waals surface area contributed by atoms with Gasteiger partial charge in [-0.1, -0.05) is 312 Å². The topological polar surface area (TPSA) is 237 Å². The fraction of sp³-hybridized carbons (Fsp3) is 0.944. The molecule has 0 spiro atoms. The highest BCUT2D eigenvalue weighted by Crippen LogP contribution is 2.45. The highest BCUT2D eigenvalue weighted by molar-refractivity contribution is 7.47. The lowest BCUT2D eigenvalue weighted by molar-refractivity contribution is -0.161. The summed E-state index contributed by atoms with van der Waals surface area (Å²) < 4.78 is 68.2. The molecular formula is C72H140O17P2. The van der Waals surface area contributed by atoms with Crippen molar-refractivity contribution in [1.82, 2.24) is 0 Å². The Labute approximate surface area is 556 Å². The van der Waals surface area contributed by atoms with Crippen molar-refractivity contribution < 1.29 is 80.2 Å². The third-order valence-electron chi connectivity index (χ3n) is 17.4. The predicted molar refractivity (Wildman–Crippen MR) is 368 cm³/mol. The number of hydrogen-bond acceptors (Lipinski definition) is 15. The number of ether oxygens (including phenoxy) is 4. The average Bonchev–Trinajstić information content (AvgIpc) is 3.66. The standard InChI is InChI=1S/C72H140O17P2/c1-8-11-12-13-14-15-16-17-18-19-20-21-22-23-24-25-26-27-28-29-41-48-55-71(76)88-67(59-83-70(75)54-47-40-34-31-37-44-51-64(6)9-2)61-86-90(78,79)84-57-66(73)58-85-91(80,81)87-62-68(60-82-69(74)53-46-39-33-30-36-43-50-63(4)5)89-72(77)56-49-42-35-32-38-45-52-65(7)10-3/h63-68,73H,8-62H2,1-7H3,(H,78,79)(H,80,81)/t64?,65?,66-,67-,68-/m1/s1. The fourth-order valence-corrected chi connectivity index (χ4v) is 12.4. The van der Waals surface area contributed by atoms with Crippen LogP contribution in [0, 0.1) is 17.8 Å². The lowest BCUT2D eigenvalue weighted by Crippen LogP contribution is -2.30. The van der Waals surface area contributed by atoms with Crippen molar-refractivity contribution >= 4 is 39.5 Å². The van der Waals surface area contributed by atoms with E-state index in [9.17, 15) is 43.2 Å². The van der Waals surface area contributed by atoms with Gasteiger partial charge in [-0.3, -0.25) is 37.3 Å². The van der Waals surface area contributed by atoms with E-state index < -0.39 is 97.5 Å². The van der Waals surface area contributed by atoms with Gasteiger partial charge in [0.05, 0.1) is 26.4 Å². The van der Waals surface area contributed by atoms with Gasteiger partial charge in [0.25, 0.3) is 0 Å². The lowest BCUT2D eigenvalue weighted by Gasteiger charge is -2.21. The molecule has 0 aromatic heterocycles. The van der Waals surface area contributed by atoms with Crippen molar-refractivity contribution in [1.29, 1.82) is 0 Å². The molecule has 0 saturated carbocycles. The summed E-state index contributed by atoms with van der Waals surface area (Å²) in [6.07, 6.45) is 47.7. The van der Waals surface area contributed by atoms with E-state index in [1.54, 1.807) is 0 Å². The first-order valence-electron chi connectivity index (χ1n) is 37.4. The predicted octanol–water partition coefficient (Wildman–Crippen LogP) is 20.6. The first-order valence-corrected chi connectivity index (χ1v) is 40.4. The summed E-state index contributed by atoms with van der Waals surface area (Å²) in [5.74, 6) is -0.00283. The molecule has 7 atom stereocenters. The van der Waals surface area contributed by atoms with E-state index in [0.29, 0.717) is 31.6 Å². The molecule has 4 unspecified atom stereocenters. The third-order valence-corrected chi connectivity index (χ3v) is 19.3. The molecule has 0 aliphatic heterocycles. The number of phosphoric acid groups is 2. The second-order valence-electron chi connectivity index (χ2n) is 26.9. The van der Waals surface area contributed by atoms with E-state index in [-0.39, 0.29) is 25.7 Å². The van der Waals surface area contributed by atoms with Crippen LogP contribution in [-0.4, -0.2) is 96.7 Å². The summed E-state index contributed by atoms with van der Waals surface area (Å²) in [5, 5.41) is 10.6. The highest BCUT2D eigenvalue weighted by atomic mass is 31.2. The summed E-state index contributed by atoms with van der Waals surface area (Å²) in [4.78, 5) is 72.5.